The summed E-state index contributed by atoms with van der Waals surface area (Å²) < 4.78 is 5.69. The van der Waals surface area contributed by atoms with E-state index < -0.39 is 0 Å². The van der Waals surface area contributed by atoms with Crippen molar-refractivity contribution in [3.8, 4) is 11.4 Å². The van der Waals surface area contributed by atoms with Gasteiger partial charge in [-0.1, -0.05) is 11.2 Å². The van der Waals surface area contributed by atoms with Crippen molar-refractivity contribution in [2.75, 3.05) is 16.8 Å². The van der Waals surface area contributed by atoms with Gasteiger partial charge in [0.25, 0.3) is 0 Å². The molecule has 150 valence electrons. The number of hydrogen-bond acceptors (Lipinski definition) is 9. The Bertz CT molecular complexity index is 1130. The van der Waals surface area contributed by atoms with Gasteiger partial charge in [0.1, 0.15) is 11.5 Å². The fraction of sp³-hybridized carbons (Fsp3) is 0.238. The Hall–Kier alpha value is -3.88. The third-order valence-corrected chi connectivity index (χ3v) is 4.94. The molecule has 4 aromatic rings. The van der Waals surface area contributed by atoms with Crippen LogP contribution in [0.2, 0.25) is 0 Å². The zero-order valence-electron chi connectivity index (χ0n) is 16.4. The van der Waals surface area contributed by atoms with Crippen molar-refractivity contribution in [3.05, 3.63) is 66.4 Å². The van der Waals surface area contributed by atoms with Gasteiger partial charge >= 0.3 is 0 Å². The highest BCUT2D eigenvalue weighted by Gasteiger charge is 2.32. The molecule has 0 radical (unpaired) electrons. The van der Waals surface area contributed by atoms with Crippen LogP contribution in [-0.2, 0) is 0 Å². The van der Waals surface area contributed by atoms with E-state index in [9.17, 15) is 0 Å². The summed E-state index contributed by atoms with van der Waals surface area (Å²) in [5.41, 5.74) is 2.38. The highest BCUT2D eigenvalue weighted by atomic mass is 16.5. The molecular formula is C21H20N8O. The van der Waals surface area contributed by atoms with Crippen molar-refractivity contribution in [1.29, 1.82) is 0 Å². The first kappa shape index (κ1) is 18.2. The van der Waals surface area contributed by atoms with Crippen LogP contribution in [0.3, 0.4) is 0 Å². The number of nitrogens with one attached hydrogen (secondary N) is 1. The largest absolute Gasteiger partial charge is 0.358 e. The quantitative estimate of drug-likeness (QED) is 0.536. The molecule has 5 rings (SSSR count). The van der Waals surface area contributed by atoms with E-state index in [0.29, 0.717) is 17.7 Å². The number of anilines is 3. The maximum absolute atomic E-state index is 5.69. The van der Waals surface area contributed by atoms with Gasteiger partial charge in [-0.2, -0.15) is 4.98 Å². The molecule has 0 spiro atoms. The minimum Gasteiger partial charge on any atom is -0.358 e. The normalized spacial score (nSPS) is 16.0. The molecular weight excluding hydrogens is 380 g/mol. The van der Waals surface area contributed by atoms with Crippen molar-refractivity contribution in [3.63, 3.8) is 0 Å². The van der Waals surface area contributed by atoms with Crippen LogP contribution in [0.4, 0.5) is 17.7 Å². The Morgan fingerprint density at radius 2 is 1.87 bits per heavy atom. The highest BCUT2D eigenvalue weighted by Crippen LogP contribution is 2.36. The SMILES string of the molecule is Cc1cc(Nc2ncccn2)nc(N2CCCC2c2cc(-c3ccccn3)no2)n1. The standard InChI is InChI=1S/C21H20N8O/c1-14-12-19(26-20-23-9-5-10-24-20)27-21(25-14)29-11-4-7-17(29)18-13-16(28-30-18)15-6-2-3-8-22-15/h2-3,5-6,8-10,12-13,17H,4,7,11H2,1H3,(H,23,24,25,26,27). The maximum Gasteiger partial charge on any atom is 0.228 e. The molecule has 1 fully saturated rings. The maximum atomic E-state index is 5.69. The number of pyridine rings is 1. The van der Waals surface area contributed by atoms with Gasteiger partial charge < -0.3 is 14.7 Å². The predicted molar refractivity (Wildman–Crippen MR) is 111 cm³/mol. The first-order chi connectivity index (χ1) is 14.8. The average molecular weight is 400 g/mol. The van der Waals surface area contributed by atoms with E-state index in [-0.39, 0.29) is 6.04 Å². The fourth-order valence-corrected chi connectivity index (χ4v) is 3.61. The summed E-state index contributed by atoms with van der Waals surface area (Å²) in [6.45, 7) is 2.79. The van der Waals surface area contributed by atoms with Crippen molar-refractivity contribution >= 4 is 17.7 Å². The minimum atomic E-state index is 0.0255. The van der Waals surface area contributed by atoms with Crippen molar-refractivity contribution in [2.24, 2.45) is 0 Å². The molecule has 1 atom stereocenters. The zero-order chi connectivity index (χ0) is 20.3. The summed E-state index contributed by atoms with van der Waals surface area (Å²) in [4.78, 5) is 24.3. The molecule has 0 bridgehead atoms. The van der Waals surface area contributed by atoms with Gasteiger partial charge in [0.15, 0.2) is 5.76 Å². The molecule has 0 aromatic carbocycles. The lowest BCUT2D eigenvalue weighted by Crippen LogP contribution is -2.25. The third kappa shape index (κ3) is 3.69. The average Bonchev–Trinajstić information content (AvgIpc) is 3.44. The van der Waals surface area contributed by atoms with Gasteiger partial charge in [-0.15, -0.1) is 0 Å². The summed E-state index contributed by atoms with van der Waals surface area (Å²) >= 11 is 0. The molecule has 9 heteroatoms. The number of aryl methyl sites for hydroxylation is 1. The van der Waals surface area contributed by atoms with Gasteiger partial charge in [-0.3, -0.25) is 4.98 Å². The number of hydrogen-bond donors (Lipinski definition) is 1. The summed E-state index contributed by atoms with van der Waals surface area (Å²) in [5.74, 6) is 2.58. The lowest BCUT2D eigenvalue weighted by atomic mass is 10.1. The molecule has 30 heavy (non-hydrogen) atoms. The molecule has 0 aliphatic carbocycles. The second kappa shape index (κ2) is 7.86. The Kier molecular flexibility index (Phi) is 4.76. The van der Waals surface area contributed by atoms with E-state index in [0.717, 1.165) is 42.2 Å². The molecule has 4 aromatic heterocycles. The van der Waals surface area contributed by atoms with Crippen molar-refractivity contribution in [1.82, 2.24) is 30.1 Å². The minimum absolute atomic E-state index is 0.0255. The van der Waals surface area contributed by atoms with Crippen LogP contribution in [0, 0.1) is 6.92 Å². The highest BCUT2D eigenvalue weighted by molar-refractivity contribution is 5.55. The lowest BCUT2D eigenvalue weighted by Gasteiger charge is -2.23. The van der Waals surface area contributed by atoms with Crippen molar-refractivity contribution in [2.45, 2.75) is 25.8 Å². The van der Waals surface area contributed by atoms with Crippen LogP contribution in [0.1, 0.15) is 30.3 Å². The smallest absolute Gasteiger partial charge is 0.228 e. The zero-order valence-corrected chi connectivity index (χ0v) is 16.4. The number of nitrogens with zero attached hydrogens (tertiary/aromatic N) is 7. The molecule has 0 amide bonds. The van der Waals surface area contributed by atoms with E-state index >= 15 is 0 Å². The fourth-order valence-electron chi connectivity index (χ4n) is 3.61. The van der Waals surface area contributed by atoms with Gasteiger partial charge in [0.05, 0.1) is 11.7 Å². The monoisotopic (exact) mass is 400 g/mol. The molecule has 1 aliphatic heterocycles. The second-order valence-corrected chi connectivity index (χ2v) is 7.07. The summed E-state index contributed by atoms with van der Waals surface area (Å²) in [6.07, 6.45) is 7.08. The van der Waals surface area contributed by atoms with E-state index in [1.165, 1.54) is 0 Å². The van der Waals surface area contributed by atoms with Crippen LogP contribution in [0.5, 0.6) is 0 Å². The molecule has 9 nitrogen and oxygen atoms in total. The summed E-state index contributed by atoms with van der Waals surface area (Å²) in [7, 11) is 0. The Morgan fingerprint density at radius 1 is 1.00 bits per heavy atom. The molecule has 5 heterocycles. The number of aromatic nitrogens is 6. The molecule has 1 unspecified atom stereocenters. The Morgan fingerprint density at radius 3 is 2.70 bits per heavy atom. The molecule has 1 N–H and O–H groups in total. The van der Waals surface area contributed by atoms with Gasteiger partial charge in [-0.05, 0) is 38.0 Å². The van der Waals surface area contributed by atoms with Crippen LogP contribution in [-0.4, -0.2) is 36.6 Å². The molecule has 1 aliphatic rings. The lowest BCUT2D eigenvalue weighted by molar-refractivity contribution is 0.362. The van der Waals surface area contributed by atoms with E-state index in [1.807, 2.05) is 37.3 Å². The third-order valence-electron chi connectivity index (χ3n) is 4.94. The van der Waals surface area contributed by atoms with Crippen LogP contribution in [0.15, 0.2) is 59.5 Å². The van der Waals surface area contributed by atoms with Crippen molar-refractivity contribution < 1.29 is 4.52 Å². The van der Waals surface area contributed by atoms with Gasteiger partial charge in [0.2, 0.25) is 11.9 Å². The van der Waals surface area contributed by atoms with Crippen LogP contribution in [0.25, 0.3) is 11.4 Å². The first-order valence-corrected chi connectivity index (χ1v) is 9.81. The van der Waals surface area contributed by atoms with Crippen LogP contribution < -0.4 is 10.2 Å². The Labute approximate surface area is 173 Å². The van der Waals surface area contributed by atoms with Crippen LogP contribution >= 0.6 is 0 Å². The molecule has 0 saturated carbocycles. The molecule has 1 saturated heterocycles. The summed E-state index contributed by atoms with van der Waals surface area (Å²) in [5, 5.41) is 7.36. The number of rotatable bonds is 5. The Balaban J connectivity index is 1.42. The second-order valence-electron chi connectivity index (χ2n) is 7.07. The van der Waals surface area contributed by atoms with E-state index in [2.05, 4.69) is 35.3 Å². The topological polar surface area (TPSA) is 106 Å². The van der Waals surface area contributed by atoms with E-state index in [1.54, 1.807) is 24.7 Å². The van der Waals surface area contributed by atoms with Gasteiger partial charge in [-0.25, -0.2) is 15.0 Å². The van der Waals surface area contributed by atoms with Gasteiger partial charge in [0, 0.05) is 43.0 Å². The van der Waals surface area contributed by atoms with E-state index in [4.69, 9.17) is 9.51 Å². The summed E-state index contributed by atoms with van der Waals surface area (Å²) in [6, 6.07) is 11.4. The predicted octanol–water partition coefficient (Wildman–Crippen LogP) is 3.71. The first-order valence-electron chi connectivity index (χ1n) is 9.81.